The molecule has 2 rings (SSSR count). The lowest BCUT2D eigenvalue weighted by Crippen LogP contribution is -2.44. The zero-order chi connectivity index (χ0) is 18.8. The van der Waals surface area contributed by atoms with Crippen LogP contribution >= 0.6 is 0 Å². The van der Waals surface area contributed by atoms with Gasteiger partial charge in [-0.15, -0.1) is 0 Å². The molecule has 0 radical (unpaired) electrons. The van der Waals surface area contributed by atoms with Crippen LogP contribution in [-0.2, 0) is 0 Å². The summed E-state index contributed by atoms with van der Waals surface area (Å²) in [6.45, 7) is 9.53. The number of nitrogens with one attached hydrogen (secondary N) is 2. The molecule has 1 aliphatic rings. The maximum atomic E-state index is 5.97. The molecule has 1 aliphatic heterocycles. The Labute approximate surface area is 158 Å². The summed E-state index contributed by atoms with van der Waals surface area (Å²) in [6, 6.07) is 7.70. The van der Waals surface area contributed by atoms with Crippen LogP contribution < -0.4 is 20.1 Å². The highest BCUT2D eigenvalue weighted by atomic mass is 16.5. The summed E-state index contributed by atoms with van der Waals surface area (Å²) in [4.78, 5) is 6.85. The zero-order valence-corrected chi connectivity index (χ0v) is 16.6. The van der Waals surface area contributed by atoms with Gasteiger partial charge in [0, 0.05) is 20.1 Å². The number of rotatable bonds is 9. The molecule has 0 amide bonds. The summed E-state index contributed by atoms with van der Waals surface area (Å²) in [5.41, 5.74) is 0. The molecular formula is C20H34N4O2. The number of likely N-dealkylation sites (tertiary alicyclic amines) is 1. The second-order valence-corrected chi connectivity index (χ2v) is 7.03. The monoisotopic (exact) mass is 362 g/mol. The average molecular weight is 363 g/mol. The van der Waals surface area contributed by atoms with E-state index in [0.717, 1.165) is 30.5 Å². The van der Waals surface area contributed by atoms with Gasteiger partial charge in [-0.1, -0.05) is 19.1 Å². The van der Waals surface area contributed by atoms with Crippen molar-refractivity contribution < 1.29 is 9.47 Å². The molecule has 1 heterocycles. The molecule has 2 unspecified atom stereocenters. The summed E-state index contributed by atoms with van der Waals surface area (Å²) < 4.78 is 11.3. The lowest BCUT2D eigenvalue weighted by atomic mass is 10.1. The van der Waals surface area contributed by atoms with Crippen molar-refractivity contribution in [2.75, 3.05) is 46.9 Å². The third-order valence-electron chi connectivity index (χ3n) is 4.56. The van der Waals surface area contributed by atoms with Crippen LogP contribution in [0, 0.1) is 5.92 Å². The van der Waals surface area contributed by atoms with Crippen LogP contribution in [0.25, 0.3) is 0 Å². The number of methoxy groups -OCH3 is 1. The molecule has 2 atom stereocenters. The van der Waals surface area contributed by atoms with Crippen molar-refractivity contribution in [2.24, 2.45) is 10.9 Å². The highest BCUT2D eigenvalue weighted by molar-refractivity contribution is 5.79. The number of guanidine groups is 1. The van der Waals surface area contributed by atoms with E-state index in [1.165, 1.54) is 25.9 Å². The fraction of sp³-hybridized carbons (Fsp3) is 0.650. The van der Waals surface area contributed by atoms with E-state index in [2.05, 4.69) is 27.4 Å². The molecule has 0 aliphatic carbocycles. The number of ether oxygens (including phenoxy) is 2. The Balaban J connectivity index is 1.70. The minimum atomic E-state index is -0.00752. The molecule has 26 heavy (non-hydrogen) atoms. The quantitative estimate of drug-likeness (QED) is 0.522. The van der Waals surface area contributed by atoms with E-state index in [-0.39, 0.29) is 6.10 Å². The van der Waals surface area contributed by atoms with Crippen LogP contribution in [0.5, 0.6) is 11.5 Å². The molecule has 2 N–H and O–H groups in total. The van der Waals surface area contributed by atoms with Crippen LogP contribution in [0.3, 0.4) is 0 Å². The van der Waals surface area contributed by atoms with Gasteiger partial charge in [0.2, 0.25) is 0 Å². The number of aliphatic imine (C=N–C) groups is 1. The minimum Gasteiger partial charge on any atom is -0.493 e. The first-order chi connectivity index (χ1) is 12.6. The second kappa shape index (κ2) is 10.9. The van der Waals surface area contributed by atoms with Crippen LogP contribution in [0.1, 0.15) is 26.7 Å². The summed E-state index contributed by atoms with van der Waals surface area (Å²) in [5.74, 6) is 2.91. The van der Waals surface area contributed by atoms with E-state index in [9.17, 15) is 0 Å². The normalized spacial score (nSPS) is 17.6. The van der Waals surface area contributed by atoms with Crippen molar-refractivity contribution in [2.45, 2.75) is 32.8 Å². The van der Waals surface area contributed by atoms with E-state index in [1.807, 2.05) is 31.2 Å². The Hall–Kier alpha value is -1.95. The molecule has 1 aromatic carbocycles. The van der Waals surface area contributed by atoms with Gasteiger partial charge in [0.25, 0.3) is 0 Å². The van der Waals surface area contributed by atoms with Crippen molar-refractivity contribution in [3.8, 4) is 11.5 Å². The van der Waals surface area contributed by atoms with E-state index >= 15 is 0 Å². The number of benzene rings is 1. The molecule has 1 aromatic rings. The number of hydrogen-bond donors (Lipinski definition) is 2. The molecule has 1 saturated heterocycles. The lowest BCUT2D eigenvalue weighted by Gasteiger charge is -2.22. The van der Waals surface area contributed by atoms with Gasteiger partial charge in [-0.25, -0.2) is 0 Å². The van der Waals surface area contributed by atoms with E-state index in [1.54, 1.807) is 14.2 Å². The third kappa shape index (κ3) is 6.75. The molecule has 0 saturated carbocycles. The Morgan fingerprint density at radius 1 is 1.12 bits per heavy atom. The summed E-state index contributed by atoms with van der Waals surface area (Å²) in [6.07, 6.45) is 2.67. The fourth-order valence-corrected chi connectivity index (χ4v) is 3.18. The second-order valence-electron chi connectivity index (χ2n) is 7.03. The maximum Gasteiger partial charge on any atom is 0.191 e. The smallest absolute Gasteiger partial charge is 0.191 e. The molecule has 6 heteroatoms. The summed E-state index contributed by atoms with van der Waals surface area (Å²) in [5, 5.41) is 6.75. The highest BCUT2D eigenvalue weighted by Gasteiger charge is 2.15. The van der Waals surface area contributed by atoms with Gasteiger partial charge in [0.05, 0.1) is 13.7 Å². The van der Waals surface area contributed by atoms with Gasteiger partial charge in [0.15, 0.2) is 17.5 Å². The minimum absolute atomic E-state index is 0.00752. The van der Waals surface area contributed by atoms with Crippen molar-refractivity contribution in [3.63, 3.8) is 0 Å². The predicted molar refractivity (Wildman–Crippen MR) is 107 cm³/mol. The van der Waals surface area contributed by atoms with Crippen molar-refractivity contribution >= 4 is 5.96 Å². The van der Waals surface area contributed by atoms with Gasteiger partial charge >= 0.3 is 0 Å². The topological polar surface area (TPSA) is 58.1 Å². The van der Waals surface area contributed by atoms with Crippen LogP contribution in [-0.4, -0.2) is 63.8 Å². The van der Waals surface area contributed by atoms with E-state index in [0.29, 0.717) is 12.5 Å². The number of nitrogens with zero attached hydrogens (tertiary/aromatic N) is 2. The Kier molecular flexibility index (Phi) is 8.54. The predicted octanol–water partition coefficient (Wildman–Crippen LogP) is 2.36. The number of para-hydroxylation sites is 2. The van der Waals surface area contributed by atoms with Crippen LogP contribution in [0.15, 0.2) is 29.3 Å². The molecular weight excluding hydrogens is 328 g/mol. The third-order valence-corrected chi connectivity index (χ3v) is 4.56. The van der Waals surface area contributed by atoms with Gasteiger partial charge in [0.1, 0.15) is 6.10 Å². The fourth-order valence-electron chi connectivity index (χ4n) is 3.18. The largest absolute Gasteiger partial charge is 0.493 e. The first-order valence-corrected chi connectivity index (χ1v) is 9.59. The maximum absolute atomic E-state index is 5.97. The average Bonchev–Trinajstić information content (AvgIpc) is 3.15. The number of hydrogen-bond acceptors (Lipinski definition) is 4. The first kappa shape index (κ1) is 20.4. The molecule has 6 nitrogen and oxygen atoms in total. The SMILES string of the molecule is CN=C(NCC(C)CN1CCCC1)NCC(C)Oc1ccccc1OC. The lowest BCUT2D eigenvalue weighted by molar-refractivity contribution is 0.213. The van der Waals surface area contributed by atoms with Gasteiger partial charge < -0.3 is 25.0 Å². The highest BCUT2D eigenvalue weighted by Crippen LogP contribution is 2.26. The Morgan fingerprint density at radius 3 is 2.42 bits per heavy atom. The van der Waals surface area contributed by atoms with Gasteiger partial charge in [-0.2, -0.15) is 0 Å². The zero-order valence-electron chi connectivity index (χ0n) is 16.6. The van der Waals surface area contributed by atoms with Gasteiger partial charge in [-0.3, -0.25) is 4.99 Å². The molecule has 0 bridgehead atoms. The molecule has 146 valence electrons. The van der Waals surface area contributed by atoms with E-state index in [4.69, 9.17) is 9.47 Å². The van der Waals surface area contributed by atoms with Crippen molar-refractivity contribution in [1.82, 2.24) is 15.5 Å². The van der Waals surface area contributed by atoms with Crippen LogP contribution in [0.2, 0.25) is 0 Å². The molecule has 1 fully saturated rings. The standard InChI is InChI=1S/C20H34N4O2/c1-16(15-24-11-7-8-12-24)13-22-20(21-3)23-14-17(2)26-19-10-6-5-9-18(19)25-4/h5-6,9-10,16-17H,7-8,11-15H2,1-4H3,(H2,21,22,23). The van der Waals surface area contributed by atoms with Crippen LogP contribution in [0.4, 0.5) is 0 Å². The summed E-state index contributed by atoms with van der Waals surface area (Å²) >= 11 is 0. The van der Waals surface area contributed by atoms with Crippen molar-refractivity contribution in [3.05, 3.63) is 24.3 Å². The van der Waals surface area contributed by atoms with Crippen molar-refractivity contribution in [1.29, 1.82) is 0 Å². The Bertz CT molecular complexity index is 558. The Morgan fingerprint density at radius 2 is 1.77 bits per heavy atom. The molecule has 0 spiro atoms. The first-order valence-electron chi connectivity index (χ1n) is 9.59. The molecule has 0 aromatic heterocycles. The van der Waals surface area contributed by atoms with Gasteiger partial charge in [-0.05, 0) is 50.9 Å². The van der Waals surface area contributed by atoms with E-state index < -0.39 is 0 Å². The summed E-state index contributed by atoms with van der Waals surface area (Å²) in [7, 11) is 3.45.